The number of rotatable bonds is 7. The van der Waals surface area contributed by atoms with Crippen LogP contribution in [-0.4, -0.2) is 23.9 Å². The fraction of sp³-hybridized carbons (Fsp3) is 0.250. The molecule has 25 heavy (non-hydrogen) atoms. The quantitative estimate of drug-likeness (QED) is 0.719. The van der Waals surface area contributed by atoms with Gasteiger partial charge in [0.1, 0.15) is 18.1 Å². The molecule has 4 nitrogen and oxygen atoms in total. The first-order valence-corrected chi connectivity index (χ1v) is 8.22. The SMILES string of the molecule is O=C(CCCC(=O)c1ccc(F)cc1)C1=NOC[C@H]1c1ccccc1. The summed E-state index contributed by atoms with van der Waals surface area (Å²) in [6.45, 7) is 0.361. The minimum absolute atomic E-state index is 0.0988. The molecule has 0 saturated heterocycles. The van der Waals surface area contributed by atoms with Crippen molar-refractivity contribution in [1.82, 2.24) is 0 Å². The van der Waals surface area contributed by atoms with E-state index in [0.717, 1.165) is 5.56 Å². The van der Waals surface area contributed by atoms with Gasteiger partial charge in [0.2, 0.25) is 0 Å². The Hall–Kier alpha value is -2.82. The second-order valence-corrected chi connectivity index (χ2v) is 5.94. The van der Waals surface area contributed by atoms with Gasteiger partial charge in [-0.25, -0.2) is 4.39 Å². The highest BCUT2D eigenvalue weighted by Crippen LogP contribution is 2.24. The zero-order valence-electron chi connectivity index (χ0n) is 13.7. The number of oxime groups is 1. The lowest BCUT2D eigenvalue weighted by Gasteiger charge is -2.09. The van der Waals surface area contributed by atoms with Crippen molar-refractivity contribution in [2.24, 2.45) is 5.16 Å². The van der Waals surface area contributed by atoms with E-state index in [1.54, 1.807) is 0 Å². The Morgan fingerprint density at radius 3 is 2.40 bits per heavy atom. The third kappa shape index (κ3) is 4.18. The van der Waals surface area contributed by atoms with Crippen LogP contribution in [0.15, 0.2) is 59.8 Å². The number of carbonyl (C=O) groups is 2. The van der Waals surface area contributed by atoms with Crippen LogP contribution in [0.1, 0.15) is 41.1 Å². The van der Waals surface area contributed by atoms with Gasteiger partial charge in [-0.2, -0.15) is 0 Å². The normalized spacial score (nSPS) is 16.2. The Kier molecular flexibility index (Phi) is 5.33. The molecule has 2 aromatic rings. The molecule has 0 fully saturated rings. The molecule has 0 amide bonds. The summed E-state index contributed by atoms with van der Waals surface area (Å²) in [6.07, 6.45) is 0.898. The number of nitrogens with zero attached hydrogens (tertiary/aromatic N) is 1. The molecule has 1 atom stereocenters. The van der Waals surface area contributed by atoms with Gasteiger partial charge < -0.3 is 4.84 Å². The standard InChI is InChI=1S/C20H18FNO3/c21-16-11-9-15(10-12-16)18(23)7-4-8-19(24)20-17(13-25-22-20)14-5-2-1-3-6-14/h1-3,5-6,9-12,17H,4,7-8,13H2/t17-/m0/s1. The average molecular weight is 339 g/mol. The molecule has 1 heterocycles. The number of ketones is 2. The first-order valence-electron chi connectivity index (χ1n) is 8.22. The van der Waals surface area contributed by atoms with Crippen LogP contribution in [0.3, 0.4) is 0 Å². The Labute approximate surface area is 145 Å². The Bertz CT molecular complexity index is 784. The van der Waals surface area contributed by atoms with E-state index in [0.29, 0.717) is 24.3 Å². The summed E-state index contributed by atoms with van der Waals surface area (Å²) in [5, 5.41) is 3.90. The molecule has 2 aromatic carbocycles. The van der Waals surface area contributed by atoms with Crippen LogP contribution in [0, 0.1) is 5.82 Å². The third-order valence-corrected chi connectivity index (χ3v) is 4.20. The van der Waals surface area contributed by atoms with Gasteiger partial charge in [-0.15, -0.1) is 0 Å². The lowest BCUT2D eigenvalue weighted by Crippen LogP contribution is -2.21. The maximum Gasteiger partial charge on any atom is 0.181 e. The van der Waals surface area contributed by atoms with Crippen LogP contribution >= 0.6 is 0 Å². The predicted octanol–water partition coefficient (Wildman–Crippen LogP) is 3.92. The van der Waals surface area contributed by atoms with Crippen molar-refractivity contribution in [1.29, 1.82) is 0 Å². The summed E-state index contributed by atoms with van der Waals surface area (Å²) in [5.74, 6) is -0.727. The van der Waals surface area contributed by atoms with E-state index in [9.17, 15) is 14.0 Å². The van der Waals surface area contributed by atoms with Crippen molar-refractivity contribution < 1.29 is 18.8 Å². The van der Waals surface area contributed by atoms with Gasteiger partial charge in [-0.05, 0) is 36.2 Å². The molecule has 0 aromatic heterocycles. The minimum atomic E-state index is -0.377. The first kappa shape index (κ1) is 17.0. The Morgan fingerprint density at radius 1 is 1.00 bits per heavy atom. The van der Waals surface area contributed by atoms with Crippen LogP contribution in [0.2, 0.25) is 0 Å². The number of carbonyl (C=O) groups excluding carboxylic acids is 2. The molecule has 0 N–H and O–H groups in total. The molecular formula is C20H18FNO3. The summed E-state index contributed by atoms with van der Waals surface area (Å²) in [6, 6.07) is 15.1. The van der Waals surface area contributed by atoms with Crippen LogP contribution in [0.4, 0.5) is 4.39 Å². The summed E-state index contributed by atoms with van der Waals surface area (Å²) >= 11 is 0. The fourth-order valence-corrected chi connectivity index (χ4v) is 2.83. The first-order chi connectivity index (χ1) is 12.1. The number of hydrogen-bond acceptors (Lipinski definition) is 4. The molecule has 128 valence electrons. The van der Waals surface area contributed by atoms with E-state index in [1.165, 1.54) is 24.3 Å². The highest BCUT2D eigenvalue weighted by atomic mass is 19.1. The summed E-state index contributed by atoms with van der Waals surface area (Å²) in [7, 11) is 0. The van der Waals surface area contributed by atoms with E-state index in [1.807, 2.05) is 30.3 Å². The van der Waals surface area contributed by atoms with Gasteiger partial charge in [-0.3, -0.25) is 9.59 Å². The minimum Gasteiger partial charge on any atom is -0.394 e. The van der Waals surface area contributed by atoms with Gasteiger partial charge in [0.05, 0.1) is 5.92 Å². The molecule has 1 aliphatic heterocycles. The summed E-state index contributed by atoms with van der Waals surface area (Å²) < 4.78 is 12.9. The third-order valence-electron chi connectivity index (χ3n) is 4.20. The Morgan fingerprint density at radius 2 is 1.68 bits per heavy atom. The predicted molar refractivity (Wildman–Crippen MR) is 92.2 cm³/mol. The van der Waals surface area contributed by atoms with Crippen molar-refractivity contribution in [3.63, 3.8) is 0 Å². The van der Waals surface area contributed by atoms with Crippen LogP contribution < -0.4 is 0 Å². The van der Waals surface area contributed by atoms with Crippen molar-refractivity contribution in [3.05, 3.63) is 71.5 Å². The van der Waals surface area contributed by atoms with Crippen LogP contribution in [0.5, 0.6) is 0 Å². The van der Waals surface area contributed by atoms with Gasteiger partial charge in [0.15, 0.2) is 11.6 Å². The van der Waals surface area contributed by atoms with Crippen molar-refractivity contribution >= 4 is 17.3 Å². The Balaban J connectivity index is 1.54. The molecule has 0 aliphatic carbocycles. The molecule has 0 bridgehead atoms. The fourth-order valence-electron chi connectivity index (χ4n) is 2.83. The summed E-state index contributed by atoms with van der Waals surface area (Å²) in [4.78, 5) is 29.6. The van der Waals surface area contributed by atoms with Crippen molar-refractivity contribution in [2.75, 3.05) is 6.61 Å². The van der Waals surface area contributed by atoms with E-state index in [-0.39, 0.29) is 36.1 Å². The molecular weight excluding hydrogens is 321 g/mol. The average Bonchev–Trinajstić information content (AvgIpc) is 3.13. The zero-order valence-corrected chi connectivity index (χ0v) is 13.7. The highest BCUT2D eigenvalue weighted by Gasteiger charge is 2.30. The lowest BCUT2D eigenvalue weighted by atomic mass is 9.91. The monoisotopic (exact) mass is 339 g/mol. The second-order valence-electron chi connectivity index (χ2n) is 5.94. The van der Waals surface area contributed by atoms with Crippen LogP contribution in [-0.2, 0) is 9.63 Å². The molecule has 3 rings (SSSR count). The number of hydrogen-bond donors (Lipinski definition) is 0. The summed E-state index contributed by atoms with van der Waals surface area (Å²) in [5.41, 5.74) is 1.87. The maximum atomic E-state index is 12.9. The maximum absolute atomic E-state index is 12.9. The van der Waals surface area contributed by atoms with E-state index >= 15 is 0 Å². The van der Waals surface area contributed by atoms with E-state index in [4.69, 9.17) is 4.84 Å². The van der Waals surface area contributed by atoms with Gasteiger partial charge in [0.25, 0.3) is 0 Å². The van der Waals surface area contributed by atoms with E-state index in [2.05, 4.69) is 5.16 Å². The number of Topliss-reactive ketones (excluding diaryl/α,β-unsaturated/α-hetero) is 2. The smallest absolute Gasteiger partial charge is 0.181 e. The number of halogens is 1. The molecule has 0 unspecified atom stereocenters. The topological polar surface area (TPSA) is 55.7 Å². The second kappa shape index (κ2) is 7.83. The van der Waals surface area contributed by atoms with Gasteiger partial charge in [0, 0.05) is 18.4 Å². The highest BCUT2D eigenvalue weighted by molar-refractivity contribution is 6.42. The van der Waals surface area contributed by atoms with Crippen molar-refractivity contribution in [2.45, 2.75) is 25.2 Å². The molecule has 1 aliphatic rings. The molecule has 5 heteroatoms. The number of benzene rings is 2. The lowest BCUT2D eigenvalue weighted by molar-refractivity contribution is -0.113. The molecule has 0 radical (unpaired) electrons. The van der Waals surface area contributed by atoms with Gasteiger partial charge >= 0.3 is 0 Å². The zero-order chi connectivity index (χ0) is 17.6. The molecule has 0 spiro atoms. The largest absolute Gasteiger partial charge is 0.394 e. The van der Waals surface area contributed by atoms with Gasteiger partial charge in [-0.1, -0.05) is 35.5 Å². The van der Waals surface area contributed by atoms with E-state index < -0.39 is 0 Å². The van der Waals surface area contributed by atoms with Crippen LogP contribution in [0.25, 0.3) is 0 Å². The molecule has 0 saturated carbocycles. The van der Waals surface area contributed by atoms with Crippen molar-refractivity contribution in [3.8, 4) is 0 Å².